The van der Waals surface area contributed by atoms with Crippen LogP contribution in [0.4, 0.5) is 5.69 Å². The van der Waals surface area contributed by atoms with E-state index in [1.807, 2.05) is 42.6 Å². The third kappa shape index (κ3) is 3.11. The fraction of sp³-hybridized carbons (Fsp3) is 0.167. The zero-order valence-electron chi connectivity index (χ0n) is 12.1. The SMILES string of the molecule is N#CC[C@@H](O)c1cccc(NCc2ccc3cc[nH]c3c2)c1. The van der Waals surface area contributed by atoms with Crippen LogP contribution in [-0.2, 0) is 6.54 Å². The molecule has 0 aliphatic carbocycles. The number of anilines is 1. The molecule has 0 aliphatic rings. The number of aromatic amines is 1. The molecule has 4 nitrogen and oxygen atoms in total. The summed E-state index contributed by atoms with van der Waals surface area (Å²) < 4.78 is 0. The molecule has 2 aromatic carbocycles. The van der Waals surface area contributed by atoms with Crippen molar-refractivity contribution < 1.29 is 5.11 Å². The number of aromatic nitrogens is 1. The van der Waals surface area contributed by atoms with Crippen molar-refractivity contribution in [2.24, 2.45) is 0 Å². The van der Waals surface area contributed by atoms with E-state index in [0.29, 0.717) is 6.54 Å². The second kappa shape index (κ2) is 6.33. The number of H-pyrrole nitrogens is 1. The Balaban J connectivity index is 1.70. The first-order valence-electron chi connectivity index (χ1n) is 7.21. The molecule has 110 valence electrons. The van der Waals surface area contributed by atoms with E-state index < -0.39 is 6.10 Å². The summed E-state index contributed by atoms with van der Waals surface area (Å²) >= 11 is 0. The zero-order chi connectivity index (χ0) is 15.4. The number of aliphatic hydroxyl groups excluding tert-OH is 1. The number of hydrogen-bond acceptors (Lipinski definition) is 3. The molecule has 4 heteroatoms. The first-order valence-corrected chi connectivity index (χ1v) is 7.21. The summed E-state index contributed by atoms with van der Waals surface area (Å²) in [4.78, 5) is 3.20. The monoisotopic (exact) mass is 291 g/mol. The van der Waals surface area contributed by atoms with Crippen LogP contribution in [0.1, 0.15) is 23.7 Å². The second-order valence-electron chi connectivity index (χ2n) is 5.26. The molecule has 0 aliphatic heterocycles. The van der Waals surface area contributed by atoms with Crippen LogP contribution in [0, 0.1) is 11.3 Å². The average molecular weight is 291 g/mol. The standard InChI is InChI=1S/C18H17N3O/c19-8-6-18(22)15-2-1-3-16(11-15)21-12-13-4-5-14-7-9-20-17(14)10-13/h1-5,7,9-11,18,20-22H,6,12H2/t18-/m1/s1. The van der Waals surface area contributed by atoms with Gasteiger partial charge in [0.15, 0.2) is 0 Å². The number of rotatable bonds is 5. The Labute approximate surface area is 129 Å². The molecule has 0 radical (unpaired) electrons. The number of benzene rings is 2. The van der Waals surface area contributed by atoms with Gasteiger partial charge in [0, 0.05) is 23.9 Å². The van der Waals surface area contributed by atoms with Crippen LogP contribution in [0.5, 0.6) is 0 Å². The van der Waals surface area contributed by atoms with Gasteiger partial charge < -0.3 is 15.4 Å². The van der Waals surface area contributed by atoms with Gasteiger partial charge in [-0.1, -0.05) is 24.3 Å². The summed E-state index contributed by atoms with van der Waals surface area (Å²) in [5.74, 6) is 0. The van der Waals surface area contributed by atoms with E-state index >= 15 is 0 Å². The van der Waals surface area contributed by atoms with Crippen LogP contribution in [0.15, 0.2) is 54.7 Å². The van der Waals surface area contributed by atoms with Crippen LogP contribution < -0.4 is 5.32 Å². The maximum Gasteiger partial charge on any atom is 0.0920 e. The number of nitriles is 1. The lowest BCUT2D eigenvalue weighted by atomic mass is 10.1. The van der Waals surface area contributed by atoms with Crippen LogP contribution in [0.25, 0.3) is 10.9 Å². The van der Waals surface area contributed by atoms with Crippen LogP contribution in [0.3, 0.4) is 0 Å². The number of nitrogens with one attached hydrogen (secondary N) is 2. The van der Waals surface area contributed by atoms with Gasteiger partial charge in [-0.15, -0.1) is 0 Å². The van der Waals surface area contributed by atoms with Gasteiger partial charge in [-0.3, -0.25) is 0 Å². The number of hydrogen-bond donors (Lipinski definition) is 3. The summed E-state index contributed by atoms with van der Waals surface area (Å²) in [6.07, 6.45) is 1.30. The van der Waals surface area contributed by atoms with Gasteiger partial charge in [0.1, 0.15) is 0 Å². The number of nitrogens with zero attached hydrogens (tertiary/aromatic N) is 1. The lowest BCUT2D eigenvalue weighted by Gasteiger charge is -2.11. The largest absolute Gasteiger partial charge is 0.387 e. The number of fused-ring (bicyclic) bond motifs is 1. The van der Waals surface area contributed by atoms with Crippen molar-refractivity contribution in [2.45, 2.75) is 19.1 Å². The van der Waals surface area contributed by atoms with E-state index in [4.69, 9.17) is 5.26 Å². The first-order chi connectivity index (χ1) is 10.8. The highest BCUT2D eigenvalue weighted by molar-refractivity contribution is 5.79. The molecular formula is C18H17N3O. The smallest absolute Gasteiger partial charge is 0.0920 e. The van der Waals surface area contributed by atoms with Crippen molar-refractivity contribution in [3.63, 3.8) is 0 Å². The summed E-state index contributed by atoms with van der Waals surface area (Å²) in [6, 6.07) is 17.9. The average Bonchev–Trinajstić information content (AvgIpc) is 3.01. The molecule has 0 amide bonds. The van der Waals surface area contributed by atoms with E-state index in [2.05, 4.69) is 28.5 Å². The van der Waals surface area contributed by atoms with E-state index in [1.165, 1.54) is 10.9 Å². The summed E-state index contributed by atoms with van der Waals surface area (Å²) in [5, 5.41) is 23.1. The zero-order valence-corrected chi connectivity index (χ0v) is 12.1. The molecule has 0 fully saturated rings. The Hall–Kier alpha value is -2.77. The molecule has 0 unspecified atom stereocenters. The van der Waals surface area contributed by atoms with Crippen molar-refractivity contribution in [3.8, 4) is 6.07 Å². The van der Waals surface area contributed by atoms with Crippen molar-refractivity contribution >= 4 is 16.6 Å². The first kappa shape index (κ1) is 14.2. The van der Waals surface area contributed by atoms with Crippen molar-refractivity contribution in [2.75, 3.05) is 5.32 Å². The quantitative estimate of drug-likeness (QED) is 0.670. The molecule has 0 spiro atoms. The van der Waals surface area contributed by atoms with Crippen LogP contribution in [0.2, 0.25) is 0 Å². The molecule has 3 aromatic rings. The lowest BCUT2D eigenvalue weighted by molar-refractivity contribution is 0.183. The molecule has 1 atom stereocenters. The third-order valence-electron chi connectivity index (χ3n) is 3.67. The predicted molar refractivity (Wildman–Crippen MR) is 87.3 cm³/mol. The molecule has 22 heavy (non-hydrogen) atoms. The molecule has 1 aromatic heterocycles. The lowest BCUT2D eigenvalue weighted by Crippen LogP contribution is -2.01. The topological polar surface area (TPSA) is 71.8 Å². The maximum atomic E-state index is 9.87. The minimum Gasteiger partial charge on any atom is -0.387 e. The number of aliphatic hydroxyl groups is 1. The summed E-state index contributed by atoms with van der Waals surface area (Å²) in [6.45, 7) is 0.701. The van der Waals surface area contributed by atoms with Gasteiger partial charge in [0.2, 0.25) is 0 Å². The predicted octanol–water partition coefficient (Wildman–Crippen LogP) is 3.73. The Bertz CT molecular complexity index is 816. The van der Waals surface area contributed by atoms with Crippen molar-refractivity contribution in [1.29, 1.82) is 5.26 Å². The fourth-order valence-corrected chi connectivity index (χ4v) is 2.47. The molecule has 3 rings (SSSR count). The normalized spacial score (nSPS) is 12.0. The van der Waals surface area contributed by atoms with E-state index in [1.54, 1.807) is 0 Å². The Morgan fingerprint density at radius 3 is 2.95 bits per heavy atom. The van der Waals surface area contributed by atoms with Gasteiger partial charge >= 0.3 is 0 Å². The minimum atomic E-state index is -0.734. The van der Waals surface area contributed by atoms with Crippen LogP contribution >= 0.6 is 0 Å². The van der Waals surface area contributed by atoms with Crippen molar-refractivity contribution in [3.05, 3.63) is 65.9 Å². The van der Waals surface area contributed by atoms with Gasteiger partial charge in [-0.2, -0.15) is 5.26 Å². The highest BCUT2D eigenvalue weighted by Gasteiger charge is 2.07. The molecule has 1 heterocycles. The van der Waals surface area contributed by atoms with Crippen molar-refractivity contribution in [1.82, 2.24) is 4.98 Å². The van der Waals surface area contributed by atoms with Gasteiger partial charge in [0.25, 0.3) is 0 Å². The Kier molecular flexibility index (Phi) is 4.08. The van der Waals surface area contributed by atoms with E-state index in [0.717, 1.165) is 16.8 Å². The van der Waals surface area contributed by atoms with Gasteiger partial charge in [-0.05, 0) is 40.8 Å². The molecule has 0 saturated heterocycles. The van der Waals surface area contributed by atoms with Gasteiger partial charge in [-0.25, -0.2) is 0 Å². The summed E-state index contributed by atoms with van der Waals surface area (Å²) in [5.41, 5.74) is 3.99. The molecule has 0 bridgehead atoms. The highest BCUT2D eigenvalue weighted by Crippen LogP contribution is 2.21. The molecular weight excluding hydrogens is 274 g/mol. The second-order valence-corrected chi connectivity index (χ2v) is 5.26. The maximum absolute atomic E-state index is 9.87. The molecule has 0 saturated carbocycles. The molecule has 3 N–H and O–H groups in total. The summed E-state index contributed by atoms with van der Waals surface area (Å²) in [7, 11) is 0. The van der Waals surface area contributed by atoms with E-state index in [9.17, 15) is 5.11 Å². The van der Waals surface area contributed by atoms with E-state index in [-0.39, 0.29) is 6.42 Å². The fourth-order valence-electron chi connectivity index (χ4n) is 2.47. The van der Waals surface area contributed by atoms with Gasteiger partial charge in [0.05, 0.1) is 18.6 Å². The Morgan fingerprint density at radius 1 is 1.18 bits per heavy atom. The Morgan fingerprint density at radius 2 is 2.09 bits per heavy atom. The van der Waals surface area contributed by atoms with Crippen LogP contribution in [-0.4, -0.2) is 10.1 Å². The highest BCUT2D eigenvalue weighted by atomic mass is 16.3. The minimum absolute atomic E-state index is 0.104. The third-order valence-corrected chi connectivity index (χ3v) is 3.67.